The topological polar surface area (TPSA) is 79.2 Å². The van der Waals surface area contributed by atoms with E-state index in [-0.39, 0.29) is 11.5 Å². The highest BCUT2D eigenvalue weighted by molar-refractivity contribution is 6.31. The van der Waals surface area contributed by atoms with E-state index in [1.165, 1.54) is 10.9 Å². The van der Waals surface area contributed by atoms with Crippen LogP contribution in [0.25, 0.3) is 5.69 Å². The van der Waals surface area contributed by atoms with Crippen molar-refractivity contribution in [3.05, 3.63) is 85.8 Å². The van der Waals surface area contributed by atoms with E-state index in [1.807, 2.05) is 26.0 Å². The summed E-state index contributed by atoms with van der Waals surface area (Å²) in [6.45, 7) is 5.56. The van der Waals surface area contributed by atoms with Crippen LogP contribution in [0.5, 0.6) is 0 Å². The van der Waals surface area contributed by atoms with Crippen molar-refractivity contribution in [2.45, 2.75) is 20.8 Å². The van der Waals surface area contributed by atoms with Crippen LogP contribution in [0.2, 0.25) is 5.02 Å². The van der Waals surface area contributed by atoms with Crippen LogP contribution in [0.4, 0.5) is 0 Å². The van der Waals surface area contributed by atoms with E-state index in [1.54, 1.807) is 37.3 Å². The molecule has 0 atom stereocenters. The molecule has 7 heteroatoms. The highest BCUT2D eigenvalue weighted by Crippen LogP contribution is 2.18. The SMILES string of the molecule is Cc1cccc(C(=O)NN=Cc2c(C)[nH]n(-c3ccc(C)c(Cl)c3)c2=O)c1. The second-order valence-corrected chi connectivity index (χ2v) is 6.70. The van der Waals surface area contributed by atoms with E-state index in [0.29, 0.717) is 27.5 Å². The zero-order chi connectivity index (χ0) is 19.6. The third-order valence-corrected chi connectivity index (χ3v) is 4.58. The Morgan fingerprint density at radius 1 is 1.19 bits per heavy atom. The Kier molecular flexibility index (Phi) is 5.28. The molecule has 1 aromatic heterocycles. The maximum absolute atomic E-state index is 12.7. The molecule has 1 amide bonds. The van der Waals surface area contributed by atoms with Crippen LogP contribution in [0.15, 0.2) is 52.4 Å². The van der Waals surface area contributed by atoms with Gasteiger partial charge in [0.05, 0.1) is 17.5 Å². The molecule has 0 aliphatic carbocycles. The summed E-state index contributed by atoms with van der Waals surface area (Å²) in [5.74, 6) is -0.339. The van der Waals surface area contributed by atoms with E-state index >= 15 is 0 Å². The Bertz CT molecular complexity index is 1100. The van der Waals surface area contributed by atoms with Gasteiger partial charge < -0.3 is 0 Å². The molecule has 0 aliphatic heterocycles. The van der Waals surface area contributed by atoms with Gasteiger partial charge in [-0.25, -0.2) is 10.1 Å². The van der Waals surface area contributed by atoms with Crippen molar-refractivity contribution in [2.24, 2.45) is 5.10 Å². The lowest BCUT2D eigenvalue weighted by Gasteiger charge is -2.04. The highest BCUT2D eigenvalue weighted by Gasteiger charge is 2.12. The van der Waals surface area contributed by atoms with Crippen molar-refractivity contribution >= 4 is 23.7 Å². The molecule has 0 saturated carbocycles. The summed E-state index contributed by atoms with van der Waals surface area (Å²) in [4.78, 5) is 24.8. The number of hydrogen-bond acceptors (Lipinski definition) is 3. The van der Waals surface area contributed by atoms with Crippen molar-refractivity contribution in [1.29, 1.82) is 0 Å². The van der Waals surface area contributed by atoms with Crippen molar-refractivity contribution < 1.29 is 4.79 Å². The van der Waals surface area contributed by atoms with Crippen LogP contribution >= 0.6 is 11.6 Å². The van der Waals surface area contributed by atoms with Gasteiger partial charge in [-0.2, -0.15) is 5.10 Å². The van der Waals surface area contributed by atoms with E-state index in [4.69, 9.17) is 11.6 Å². The zero-order valence-electron chi connectivity index (χ0n) is 15.2. The second-order valence-electron chi connectivity index (χ2n) is 6.29. The quantitative estimate of drug-likeness (QED) is 0.535. The van der Waals surface area contributed by atoms with Crippen LogP contribution < -0.4 is 11.0 Å². The third-order valence-electron chi connectivity index (χ3n) is 4.17. The molecular weight excluding hydrogens is 364 g/mol. The van der Waals surface area contributed by atoms with Gasteiger partial charge in [0.15, 0.2) is 0 Å². The second kappa shape index (κ2) is 7.63. The molecule has 1 heterocycles. The molecule has 6 nitrogen and oxygen atoms in total. The van der Waals surface area contributed by atoms with Crippen molar-refractivity contribution in [2.75, 3.05) is 0 Å². The number of hydrogen-bond donors (Lipinski definition) is 2. The molecule has 3 aromatic rings. The number of aromatic nitrogens is 2. The summed E-state index contributed by atoms with van der Waals surface area (Å²) in [5, 5.41) is 7.49. The van der Waals surface area contributed by atoms with Crippen molar-refractivity contribution in [1.82, 2.24) is 15.2 Å². The Morgan fingerprint density at radius 2 is 1.96 bits per heavy atom. The maximum atomic E-state index is 12.7. The van der Waals surface area contributed by atoms with Gasteiger partial charge in [-0.05, 0) is 50.6 Å². The number of H-pyrrole nitrogens is 1. The average molecular weight is 383 g/mol. The highest BCUT2D eigenvalue weighted by atomic mass is 35.5. The Morgan fingerprint density at radius 3 is 2.67 bits per heavy atom. The summed E-state index contributed by atoms with van der Waals surface area (Å²) < 4.78 is 1.39. The largest absolute Gasteiger partial charge is 0.295 e. The number of carbonyl (C=O) groups is 1. The fraction of sp³-hybridized carbons (Fsp3) is 0.150. The molecule has 2 aromatic carbocycles. The number of rotatable bonds is 4. The number of aryl methyl sites for hydroxylation is 3. The molecule has 0 radical (unpaired) electrons. The molecular formula is C20H19ClN4O2. The van der Waals surface area contributed by atoms with Gasteiger partial charge in [0.25, 0.3) is 11.5 Å². The van der Waals surface area contributed by atoms with E-state index in [9.17, 15) is 9.59 Å². The van der Waals surface area contributed by atoms with Crippen LogP contribution in [0.1, 0.15) is 32.7 Å². The molecule has 0 saturated heterocycles. The molecule has 138 valence electrons. The number of benzene rings is 2. The van der Waals surface area contributed by atoms with Crippen LogP contribution in [0, 0.1) is 20.8 Å². The number of hydrazone groups is 1. The molecule has 3 rings (SSSR count). The molecule has 0 spiro atoms. The fourth-order valence-electron chi connectivity index (χ4n) is 2.62. The first-order valence-electron chi connectivity index (χ1n) is 8.35. The first kappa shape index (κ1) is 18.7. The molecule has 0 bridgehead atoms. The first-order chi connectivity index (χ1) is 12.9. The number of carbonyl (C=O) groups excluding carboxylic acids is 1. The lowest BCUT2D eigenvalue weighted by atomic mass is 10.1. The van der Waals surface area contributed by atoms with Crippen molar-refractivity contribution in [3.8, 4) is 5.69 Å². The van der Waals surface area contributed by atoms with Gasteiger partial charge in [-0.3, -0.25) is 14.7 Å². The van der Waals surface area contributed by atoms with Gasteiger partial charge >= 0.3 is 0 Å². The average Bonchev–Trinajstić information content (AvgIpc) is 2.92. The third kappa shape index (κ3) is 4.01. The minimum Gasteiger partial charge on any atom is -0.295 e. The van der Waals surface area contributed by atoms with Crippen LogP contribution in [-0.2, 0) is 0 Å². The summed E-state index contributed by atoms with van der Waals surface area (Å²) in [7, 11) is 0. The fourth-order valence-corrected chi connectivity index (χ4v) is 2.80. The molecule has 2 N–H and O–H groups in total. The Balaban J connectivity index is 1.82. The summed E-state index contributed by atoms with van der Waals surface area (Å²) >= 11 is 6.15. The summed E-state index contributed by atoms with van der Waals surface area (Å²) in [5.41, 5.74) is 6.19. The predicted molar refractivity (Wildman–Crippen MR) is 107 cm³/mol. The van der Waals surface area contributed by atoms with Crippen molar-refractivity contribution in [3.63, 3.8) is 0 Å². The number of halogens is 1. The number of aromatic amines is 1. The zero-order valence-corrected chi connectivity index (χ0v) is 16.0. The number of nitrogens with one attached hydrogen (secondary N) is 2. The molecule has 27 heavy (non-hydrogen) atoms. The van der Waals surface area contributed by atoms with E-state index in [0.717, 1.165) is 11.1 Å². The lowest BCUT2D eigenvalue weighted by molar-refractivity contribution is 0.0955. The Hall–Kier alpha value is -3.12. The smallest absolute Gasteiger partial charge is 0.280 e. The maximum Gasteiger partial charge on any atom is 0.280 e. The summed E-state index contributed by atoms with van der Waals surface area (Å²) in [6.07, 6.45) is 1.34. The minimum atomic E-state index is -0.339. The van der Waals surface area contributed by atoms with Gasteiger partial charge in [0.2, 0.25) is 0 Å². The standard InChI is InChI=1S/C20H19ClN4O2/c1-12-5-4-6-15(9-12)19(26)23-22-11-17-14(3)24-25(20(17)27)16-8-7-13(2)18(21)10-16/h4-11,24H,1-3H3,(H,23,26). The van der Waals surface area contributed by atoms with Crippen LogP contribution in [-0.4, -0.2) is 21.9 Å². The van der Waals surface area contributed by atoms with Gasteiger partial charge in [0, 0.05) is 16.3 Å². The van der Waals surface area contributed by atoms with Crippen LogP contribution in [0.3, 0.4) is 0 Å². The van der Waals surface area contributed by atoms with Gasteiger partial charge in [0.1, 0.15) is 0 Å². The normalized spacial score (nSPS) is 11.1. The molecule has 0 aliphatic rings. The first-order valence-corrected chi connectivity index (χ1v) is 8.73. The predicted octanol–water partition coefficient (Wildman–Crippen LogP) is 3.51. The minimum absolute atomic E-state index is 0.277. The van der Waals surface area contributed by atoms with E-state index in [2.05, 4.69) is 15.6 Å². The van der Waals surface area contributed by atoms with Gasteiger partial charge in [-0.15, -0.1) is 0 Å². The number of amides is 1. The molecule has 0 unspecified atom stereocenters. The monoisotopic (exact) mass is 382 g/mol. The number of nitrogens with zero attached hydrogens (tertiary/aromatic N) is 2. The summed E-state index contributed by atoms with van der Waals surface area (Å²) in [6, 6.07) is 12.5. The molecule has 0 fully saturated rings. The Labute approximate surface area is 161 Å². The lowest BCUT2D eigenvalue weighted by Crippen LogP contribution is -2.20. The van der Waals surface area contributed by atoms with E-state index < -0.39 is 0 Å². The van der Waals surface area contributed by atoms with Gasteiger partial charge in [-0.1, -0.05) is 35.4 Å².